The summed E-state index contributed by atoms with van der Waals surface area (Å²) in [7, 11) is -3.10. The first kappa shape index (κ1) is 14.3. The second-order valence-corrected chi connectivity index (χ2v) is 5.23. The number of sulfonamides is 1. The van der Waals surface area contributed by atoms with Crippen LogP contribution in [0.1, 0.15) is 13.3 Å². The number of nitrogens with zero attached hydrogens (tertiary/aromatic N) is 1. The minimum atomic E-state index is -3.10. The number of hydrogen-bond acceptors (Lipinski definition) is 4. The Morgan fingerprint density at radius 3 is 2.47 bits per heavy atom. The molecule has 90 valence electrons. The summed E-state index contributed by atoms with van der Waals surface area (Å²) in [5.74, 6) is -0.412. The average molecular weight is 237 g/mol. The van der Waals surface area contributed by atoms with Gasteiger partial charge in [0, 0.05) is 13.1 Å². The van der Waals surface area contributed by atoms with Crippen LogP contribution in [0.3, 0.4) is 0 Å². The van der Waals surface area contributed by atoms with Crippen LogP contribution < -0.4 is 11.1 Å². The fourth-order valence-corrected chi connectivity index (χ4v) is 2.08. The van der Waals surface area contributed by atoms with Gasteiger partial charge in [0.05, 0.1) is 12.8 Å². The number of primary amides is 1. The van der Waals surface area contributed by atoms with Crippen LogP contribution in [0.25, 0.3) is 0 Å². The summed E-state index contributed by atoms with van der Waals surface area (Å²) >= 11 is 0. The lowest BCUT2D eigenvalue weighted by atomic mass is 10.4. The second-order valence-electron chi connectivity index (χ2n) is 3.25. The molecule has 0 aliphatic rings. The molecule has 3 N–H and O–H groups in total. The van der Waals surface area contributed by atoms with Crippen molar-refractivity contribution in [3.05, 3.63) is 0 Å². The minimum Gasteiger partial charge on any atom is -0.369 e. The van der Waals surface area contributed by atoms with Gasteiger partial charge in [-0.15, -0.1) is 0 Å². The van der Waals surface area contributed by atoms with Crippen molar-refractivity contribution in [2.75, 3.05) is 32.4 Å². The molecule has 0 aromatic carbocycles. The van der Waals surface area contributed by atoms with Crippen molar-refractivity contribution in [1.82, 2.24) is 9.62 Å². The molecule has 7 heteroatoms. The number of carbonyl (C=O) groups is 1. The van der Waals surface area contributed by atoms with Crippen molar-refractivity contribution < 1.29 is 13.2 Å². The van der Waals surface area contributed by atoms with E-state index in [1.54, 1.807) is 6.92 Å². The number of rotatable bonds is 8. The Bertz CT molecular complexity index is 290. The molecule has 6 nitrogen and oxygen atoms in total. The molecule has 0 spiro atoms. The van der Waals surface area contributed by atoms with E-state index in [-0.39, 0.29) is 6.54 Å². The van der Waals surface area contributed by atoms with Gasteiger partial charge in [-0.1, -0.05) is 6.92 Å². The first-order valence-electron chi connectivity index (χ1n) is 4.82. The van der Waals surface area contributed by atoms with Gasteiger partial charge in [0.1, 0.15) is 0 Å². The quantitative estimate of drug-likeness (QED) is 0.515. The Labute approximate surface area is 90.9 Å². The maximum absolute atomic E-state index is 11.2. The molecule has 0 atom stereocenters. The van der Waals surface area contributed by atoms with Crippen molar-refractivity contribution in [2.45, 2.75) is 13.3 Å². The molecule has 0 aromatic heterocycles. The standard InChI is InChI=1S/C8H19N3O3S/c1-3-11(15(2,13)14)6-4-5-10-7-8(9)12/h10H,3-7H2,1-2H3,(H2,9,12). The lowest BCUT2D eigenvalue weighted by molar-refractivity contribution is -0.117. The monoisotopic (exact) mass is 237 g/mol. The lowest BCUT2D eigenvalue weighted by Crippen LogP contribution is -2.34. The van der Waals surface area contributed by atoms with E-state index in [1.807, 2.05) is 0 Å². The molecule has 0 aromatic rings. The summed E-state index contributed by atoms with van der Waals surface area (Å²) in [6.45, 7) is 3.42. The van der Waals surface area contributed by atoms with Crippen molar-refractivity contribution in [1.29, 1.82) is 0 Å². The molecule has 0 unspecified atom stereocenters. The largest absolute Gasteiger partial charge is 0.369 e. The highest BCUT2D eigenvalue weighted by molar-refractivity contribution is 7.88. The van der Waals surface area contributed by atoms with Crippen LogP contribution in [-0.4, -0.2) is 51.1 Å². The maximum atomic E-state index is 11.2. The predicted molar refractivity (Wildman–Crippen MR) is 58.8 cm³/mol. The van der Waals surface area contributed by atoms with Crippen LogP contribution >= 0.6 is 0 Å². The third-order valence-electron chi connectivity index (χ3n) is 1.88. The van der Waals surface area contributed by atoms with Crippen molar-refractivity contribution in [2.24, 2.45) is 5.73 Å². The van der Waals surface area contributed by atoms with Gasteiger partial charge in [-0.2, -0.15) is 0 Å². The number of amides is 1. The van der Waals surface area contributed by atoms with Crippen LogP contribution in [-0.2, 0) is 14.8 Å². The van der Waals surface area contributed by atoms with Crippen LogP contribution in [0.15, 0.2) is 0 Å². The summed E-state index contributed by atoms with van der Waals surface area (Å²) in [4.78, 5) is 10.4. The fourth-order valence-electron chi connectivity index (χ4n) is 1.15. The zero-order chi connectivity index (χ0) is 11.9. The number of carbonyl (C=O) groups excluding carboxylic acids is 1. The molecule has 15 heavy (non-hydrogen) atoms. The molecule has 0 fully saturated rings. The Morgan fingerprint density at radius 1 is 1.47 bits per heavy atom. The van der Waals surface area contributed by atoms with Gasteiger partial charge in [-0.3, -0.25) is 4.79 Å². The van der Waals surface area contributed by atoms with Crippen molar-refractivity contribution in [3.63, 3.8) is 0 Å². The van der Waals surface area contributed by atoms with Gasteiger partial charge in [-0.25, -0.2) is 12.7 Å². The molecular weight excluding hydrogens is 218 g/mol. The molecule has 0 aliphatic heterocycles. The second kappa shape index (κ2) is 6.76. The van der Waals surface area contributed by atoms with Crippen LogP contribution in [0.4, 0.5) is 0 Å². The molecule has 0 heterocycles. The van der Waals surface area contributed by atoms with Crippen molar-refractivity contribution in [3.8, 4) is 0 Å². The number of nitrogens with one attached hydrogen (secondary N) is 1. The first-order chi connectivity index (χ1) is 6.88. The Balaban J connectivity index is 3.70. The smallest absolute Gasteiger partial charge is 0.231 e. The summed E-state index contributed by atoms with van der Waals surface area (Å²) in [5.41, 5.74) is 4.92. The molecule has 0 rings (SSSR count). The molecule has 0 radical (unpaired) electrons. The molecule has 0 saturated carbocycles. The van der Waals surface area contributed by atoms with Crippen LogP contribution in [0.5, 0.6) is 0 Å². The Morgan fingerprint density at radius 2 is 2.07 bits per heavy atom. The van der Waals surface area contributed by atoms with Gasteiger partial charge < -0.3 is 11.1 Å². The van der Waals surface area contributed by atoms with Crippen LogP contribution in [0, 0.1) is 0 Å². The Kier molecular flexibility index (Phi) is 6.46. The predicted octanol–water partition coefficient (Wildman–Crippen LogP) is -1.27. The topological polar surface area (TPSA) is 92.5 Å². The minimum absolute atomic E-state index is 0.130. The van der Waals surface area contributed by atoms with E-state index < -0.39 is 15.9 Å². The lowest BCUT2D eigenvalue weighted by Gasteiger charge is -2.17. The first-order valence-corrected chi connectivity index (χ1v) is 6.67. The van der Waals surface area contributed by atoms with Gasteiger partial charge in [0.15, 0.2) is 0 Å². The third-order valence-corrected chi connectivity index (χ3v) is 3.26. The SMILES string of the molecule is CCN(CCCNCC(N)=O)S(C)(=O)=O. The molecule has 0 aliphatic carbocycles. The van der Waals surface area contributed by atoms with E-state index in [0.717, 1.165) is 0 Å². The van der Waals surface area contributed by atoms with E-state index in [0.29, 0.717) is 26.1 Å². The summed E-state index contributed by atoms with van der Waals surface area (Å²) < 4.78 is 23.7. The summed E-state index contributed by atoms with van der Waals surface area (Å²) in [6.07, 6.45) is 1.85. The van der Waals surface area contributed by atoms with Gasteiger partial charge in [-0.05, 0) is 13.0 Å². The van der Waals surface area contributed by atoms with Gasteiger partial charge in [0.25, 0.3) is 0 Å². The average Bonchev–Trinajstić information content (AvgIpc) is 2.08. The van der Waals surface area contributed by atoms with Crippen molar-refractivity contribution >= 4 is 15.9 Å². The zero-order valence-corrected chi connectivity index (χ0v) is 10.0. The van der Waals surface area contributed by atoms with E-state index in [4.69, 9.17) is 5.73 Å². The number of hydrogen-bond donors (Lipinski definition) is 2. The molecule has 0 bridgehead atoms. The highest BCUT2D eigenvalue weighted by Gasteiger charge is 2.12. The maximum Gasteiger partial charge on any atom is 0.231 e. The van der Waals surface area contributed by atoms with E-state index in [9.17, 15) is 13.2 Å². The molecular formula is C8H19N3O3S. The molecule has 1 amide bonds. The van der Waals surface area contributed by atoms with E-state index in [2.05, 4.69) is 5.32 Å². The van der Waals surface area contributed by atoms with Crippen LogP contribution in [0.2, 0.25) is 0 Å². The third kappa shape index (κ3) is 7.29. The fraction of sp³-hybridized carbons (Fsp3) is 0.875. The highest BCUT2D eigenvalue weighted by atomic mass is 32.2. The summed E-state index contributed by atoms with van der Waals surface area (Å²) in [5, 5.41) is 2.82. The van der Waals surface area contributed by atoms with Gasteiger partial charge >= 0.3 is 0 Å². The Hall–Kier alpha value is -0.660. The van der Waals surface area contributed by atoms with E-state index >= 15 is 0 Å². The van der Waals surface area contributed by atoms with Gasteiger partial charge in [0.2, 0.25) is 15.9 Å². The number of nitrogens with two attached hydrogens (primary N) is 1. The zero-order valence-electron chi connectivity index (χ0n) is 9.19. The molecule has 0 saturated heterocycles. The van der Waals surface area contributed by atoms with E-state index in [1.165, 1.54) is 10.6 Å². The summed E-state index contributed by atoms with van der Waals surface area (Å²) in [6, 6.07) is 0. The normalized spacial score (nSPS) is 11.9. The highest BCUT2D eigenvalue weighted by Crippen LogP contribution is 1.97.